The van der Waals surface area contributed by atoms with Crippen LogP contribution < -0.4 is 4.74 Å². The summed E-state index contributed by atoms with van der Waals surface area (Å²) in [4.78, 5) is 11.4. The summed E-state index contributed by atoms with van der Waals surface area (Å²) in [5.41, 5.74) is 1.92. The van der Waals surface area contributed by atoms with Crippen molar-refractivity contribution in [2.45, 2.75) is 92.4 Å². The lowest BCUT2D eigenvalue weighted by molar-refractivity contribution is 0.0600. The fraction of sp³-hybridized carbons (Fsp3) is 0.679. The molecule has 0 aliphatic heterocycles. The Bertz CT molecular complexity index is 630. The van der Waals surface area contributed by atoms with Gasteiger partial charge in [-0.15, -0.1) is 0 Å². The highest BCUT2D eigenvalue weighted by molar-refractivity contribution is 5.89. The third kappa shape index (κ3) is 13.3. The van der Waals surface area contributed by atoms with Gasteiger partial charge in [-0.3, -0.25) is 0 Å². The SMILES string of the molecule is COC(=O)c1ccc(OCC=C(C)CCC[C@H](C)CCC[C@H](C)CCCC(C)C)cc1. The molecular formula is C28H46O3. The minimum atomic E-state index is -0.326. The van der Waals surface area contributed by atoms with Gasteiger partial charge in [-0.05, 0) is 67.9 Å². The number of rotatable bonds is 16. The van der Waals surface area contributed by atoms with Crippen LogP contribution >= 0.6 is 0 Å². The van der Waals surface area contributed by atoms with Crippen molar-refractivity contribution < 1.29 is 14.3 Å². The zero-order valence-corrected chi connectivity index (χ0v) is 20.9. The second kappa shape index (κ2) is 15.9. The largest absolute Gasteiger partial charge is 0.490 e. The molecule has 2 atom stereocenters. The lowest BCUT2D eigenvalue weighted by Gasteiger charge is -2.15. The maximum absolute atomic E-state index is 11.4. The van der Waals surface area contributed by atoms with Gasteiger partial charge in [0.15, 0.2) is 0 Å². The predicted molar refractivity (Wildman–Crippen MR) is 132 cm³/mol. The van der Waals surface area contributed by atoms with Crippen LogP contribution in [0.3, 0.4) is 0 Å². The molecule has 0 aliphatic carbocycles. The van der Waals surface area contributed by atoms with E-state index >= 15 is 0 Å². The van der Waals surface area contributed by atoms with Gasteiger partial charge in [-0.2, -0.15) is 0 Å². The van der Waals surface area contributed by atoms with E-state index in [1.807, 2.05) is 12.1 Å². The first-order valence-corrected chi connectivity index (χ1v) is 12.3. The number of benzene rings is 1. The second-order valence-corrected chi connectivity index (χ2v) is 9.74. The highest BCUT2D eigenvalue weighted by Crippen LogP contribution is 2.22. The van der Waals surface area contributed by atoms with Gasteiger partial charge in [0.1, 0.15) is 12.4 Å². The van der Waals surface area contributed by atoms with Crippen molar-refractivity contribution in [1.82, 2.24) is 0 Å². The van der Waals surface area contributed by atoms with E-state index in [2.05, 4.69) is 40.7 Å². The maximum Gasteiger partial charge on any atom is 0.337 e. The molecule has 1 rings (SSSR count). The van der Waals surface area contributed by atoms with Crippen molar-refractivity contribution in [3.63, 3.8) is 0 Å². The molecule has 31 heavy (non-hydrogen) atoms. The average molecular weight is 431 g/mol. The standard InChI is InChI=1S/C28H46O3/c1-22(2)10-7-11-23(3)12-8-13-24(4)14-9-15-25(5)20-21-31-27-18-16-26(17-19-27)28(29)30-6/h16-20,22-24H,7-15,21H2,1-6H3/t23-,24-/m1/s1. The topological polar surface area (TPSA) is 35.5 Å². The van der Waals surface area contributed by atoms with E-state index in [4.69, 9.17) is 9.47 Å². The van der Waals surface area contributed by atoms with Gasteiger partial charge in [0.25, 0.3) is 0 Å². The zero-order valence-electron chi connectivity index (χ0n) is 20.9. The first kappa shape index (κ1) is 27.3. The van der Waals surface area contributed by atoms with Gasteiger partial charge >= 0.3 is 5.97 Å². The fourth-order valence-corrected chi connectivity index (χ4v) is 3.89. The summed E-state index contributed by atoms with van der Waals surface area (Å²) in [7, 11) is 1.39. The molecule has 0 amide bonds. The molecule has 176 valence electrons. The lowest BCUT2D eigenvalue weighted by Crippen LogP contribution is -2.01. The van der Waals surface area contributed by atoms with Crippen molar-refractivity contribution in [1.29, 1.82) is 0 Å². The van der Waals surface area contributed by atoms with E-state index in [-0.39, 0.29) is 5.97 Å². The minimum absolute atomic E-state index is 0.326. The molecule has 0 heterocycles. The van der Waals surface area contributed by atoms with E-state index in [0.29, 0.717) is 12.2 Å². The van der Waals surface area contributed by atoms with Crippen molar-refractivity contribution >= 4 is 5.97 Å². The molecule has 3 heteroatoms. The number of hydrogen-bond acceptors (Lipinski definition) is 3. The fourth-order valence-electron chi connectivity index (χ4n) is 3.89. The molecule has 0 radical (unpaired) electrons. The molecule has 0 fully saturated rings. The predicted octanol–water partition coefficient (Wildman–Crippen LogP) is 8.24. The average Bonchev–Trinajstić information content (AvgIpc) is 2.73. The highest BCUT2D eigenvalue weighted by Gasteiger charge is 2.07. The quantitative estimate of drug-likeness (QED) is 0.196. The van der Waals surface area contributed by atoms with Crippen molar-refractivity contribution in [3.05, 3.63) is 41.5 Å². The summed E-state index contributed by atoms with van der Waals surface area (Å²) in [6.45, 7) is 12.2. The smallest absolute Gasteiger partial charge is 0.337 e. The molecule has 0 bridgehead atoms. The molecule has 3 nitrogen and oxygen atoms in total. The lowest BCUT2D eigenvalue weighted by atomic mass is 9.91. The van der Waals surface area contributed by atoms with Crippen molar-refractivity contribution in [2.75, 3.05) is 13.7 Å². The van der Waals surface area contributed by atoms with Crippen LogP contribution in [0.15, 0.2) is 35.9 Å². The van der Waals surface area contributed by atoms with E-state index in [0.717, 1.165) is 29.9 Å². The van der Waals surface area contributed by atoms with Crippen LogP contribution in [0.1, 0.15) is 103 Å². The molecule has 0 N–H and O–H groups in total. The Morgan fingerprint density at radius 1 is 0.871 bits per heavy atom. The van der Waals surface area contributed by atoms with Crippen LogP contribution in [0, 0.1) is 17.8 Å². The van der Waals surface area contributed by atoms with Crippen LogP contribution in [-0.4, -0.2) is 19.7 Å². The van der Waals surface area contributed by atoms with Gasteiger partial charge in [-0.25, -0.2) is 4.79 Å². The Morgan fingerprint density at radius 2 is 1.42 bits per heavy atom. The number of carbonyl (C=O) groups excluding carboxylic acids is 1. The van der Waals surface area contributed by atoms with Crippen LogP contribution in [0.2, 0.25) is 0 Å². The first-order valence-electron chi connectivity index (χ1n) is 12.3. The molecule has 0 aliphatic rings. The highest BCUT2D eigenvalue weighted by atomic mass is 16.5. The second-order valence-electron chi connectivity index (χ2n) is 9.74. The van der Waals surface area contributed by atoms with Crippen molar-refractivity contribution in [3.8, 4) is 5.75 Å². The third-order valence-electron chi connectivity index (χ3n) is 6.10. The Morgan fingerprint density at radius 3 is 1.97 bits per heavy atom. The normalized spacial score (nSPS) is 13.8. The van der Waals surface area contributed by atoms with E-state index < -0.39 is 0 Å². The van der Waals surface area contributed by atoms with Gasteiger partial charge in [0.05, 0.1) is 12.7 Å². The molecule has 1 aromatic rings. The molecular weight excluding hydrogens is 384 g/mol. The van der Waals surface area contributed by atoms with E-state index in [9.17, 15) is 4.79 Å². The number of carbonyl (C=O) groups is 1. The molecule has 0 saturated carbocycles. The Hall–Kier alpha value is -1.77. The van der Waals surface area contributed by atoms with Crippen LogP contribution in [0.5, 0.6) is 5.75 Å². The van der Waals surface area contributed by atoms with Crippen LogP contribution in [-0.2, 0) is 4.74 Å². The van der Waals surface area contributed by atoms with Gasteiger partial charge in [0.2, 0.25) is 0 Å². The van der Waals surface area contributed by atoms with Gasteiger partial charge < -0.3 is 9.47 Å². The van der Waals surface area contributed by atoms with Crippen molar-refractivity contribution in [2.24, 2.45) is 17.8 Å². The number of hydrogen-bond donors (Lipinski definition) is 0. The molecule has 0 saturated heterocycles. The molecule has 0 unspecified atom stereocenters. The third-order valence-corrected chi connectivity index (χ3v) is 6.10. The first-order chi connectivity index (χ1) is 14.8. The summed E-state index contributed by atoms with van der Waals surface area (Å²) in [6, 6.07) is 7.07. The summed E-state index contributed by atoms with van der Waals surface area (Å²) in [5.74, 6) is 2.99. The molecule has 0 aromatic heterocycles. The van der Waals surface area contributed by atoms with Crippen LogP contribution in [0.25, 0.3) is 0 Å². The summed E-state index contributed by atoms with van der Waals surface area (Å²) in [6.07, 6.45) is 14.2. The molecule has 0 spiro atoms. The van der Waals surface area contributed by atoms with E-state index in [1.54, 1.807) is 12.1 Å². The Labute approximate surface area is 191 Å². The summed E-state index contributed by atoms with van der Waals surface area (Å²) < 4.78 is 10.5. The Kier molecular flexibility index (Phi) is 14.0. The number of esters is 1. The van der Waals surface area contributed by atoms with Crippen LogP contribution in [0.4, 0.5) is 0 Å². The number of ether oxygens (including phenoxy) is 2. The number of methoxy groups -OCH3 is 1. The summed E-state index contributed by atoms with van der Waals surface area (Å²) >= 11 is 0. The maximum atomic E-state index is 11.4. The monoisotopic (exact) mass is 430 g/mol. The summed E-state index contributed by atoms with van der Waals surface area (Å²) in [5, 5.41) is 0. The van der Waals surface area contributed by atoms with E-state index in [1.165, 1.54) is 64.0 Å². The number of allylic oxidation sites excluding steroid dienone is 1. The Balaban J connectivity index is 2.13. The van der Waals surface area contributed by atoms with Gasteiger partial charge in [0, 0.05) is 0 Å². The van der Waals surface area contributed by atoms with Gasteiger partial charge in [-0.1, -0.05) is 78.2 Å². The molecule has 1 aromatic carbocycles. The minimum Gasteiger partial charge on any atom is -0.490 e. The zero-order chi connectivity index (χ0) is 23.1.